The first-order valence-electron chi connectivity index (χ1n) is 8.42. The van der Waals surface area contributed by atoms with E-state index in [1.54, 1.807) is 4.90 Å². The first kappa shape index (κ1) is 18.5. The predicted octanol–water partition coefficient (Wildman–Crippen LogP) is 2.04. The van der Waals surface area contributed by atoms with Crippen molar-refractivity contribution in [2.75, 3.05) is 39.5 Å². The highest BCUT2D eigenvalue weighted by atomic mass is 35.5. The molecule has 1 N–H and O–H groups in total. The molecule has 0 aromatic heterocycles. The van der Waals surface area contributed by atoms with E-state index < -0.39 is 0 Å². The molecule has 3 atom stereocenters. The standard InChI is InChI=1S/C18H28ClNO3/c1-13-11-20(12-14(2)23-13)7-8-21-9-10-22-18-6-5-17(19)15(3)16(18)4/h5-6,13-14H,7-12H2,1-4H3/p+1/t13-,14+. The minimum absolute atomic E-state index is 0.341. The van der Waals surface area contributed by atoms with Crippen LogP contribution in [-0.2, 0) is 9.47 Å². The third-order valence-corrected chi connectivity index (χ3v) is 4.78. The number of hydrogen-bond acceptors (Lipinski definition) is 3. The van der Waals surface area contributed by atoms with Crippen LogP contribution < -0.4 is 9.64 Å². The molecule has 1 saturated heterocycles. The Bertz CT molecular complexity index is 499. The van der Waals surface area contributed by atoms with Crippen LogP contribution in [0.15, 0.2) is 12.1 Å². The number of halogens is 1. The molecule has 5 heteroatoms. The second-order valence-corrected chi connectivity index (χ2v) is 6.83. The van der Waals surface area contributed by atoms with Crippen LogP contribution in [0.1, 0.15) is 25.0 Å². The van der Waals surface area contributed by atoms with Crippen molar-refractivity contribution in [1.29, 1.82) is 0 Å². The molecular weight excluding hydrogens is 314 g/mol. The van der Waals surface area contributed by atoms with Crippen molar-refractivity contribution >= 4 is 11.6 Å². The van der Waals surface area contributed by atoms with E-state index in [2.05, 4.69) is 13.8 Å². The zero-order valence-electron chi connectivity index (χ0n) is 14.7. The molecule has 0 amide bonds. The van der Waals surface area contributed by atoms with Crippen molar-refractivity contribution in [1.82, 2.24) is 0 Å². The average Bonchev–Trinajstić information content (AvgIpc) is 2.49. The maximum atomic E-state index is 6.09. The van der Waals surface area contributed by atoms with Crippen LogP contribution in [-0.4, -0.2) is 51.7 Å². The molecule has 0 spiro atoms. The summed E-state index contributed by atoms with van der Waals surface area (Å²) in [4.78, 5) is 1.56. The van der Waals surface area contributed by atoms with Gasteiger partial charge in [-0.2, -0.15) is 0 Å². The van der Waals surface area contributed by atoms with Crippen molar-refractivity contribution < 1.29 is 19.1 Å². The molecule has 1 heterocycles. The number of morpholine rings is 1. The summed E-state index contributed by atoms with van der Waals surface area (Å²) in [5.41, 5.74) is 2.17. The summed E-state index contributed by atoms with van der Waals surface area (Å²) in [5.74, 6) is 0.886. The maximum Gasteiger partial charge on any atom is 0.122 e. The molecule has 23 heavy (non-hydrogen) atoms. The number of hydrogen-bond donors (Lipinski definition) is 1. The van der Waals surface area contributed by atoms with Gasteiger partial charge in [-0.1, -0.05) is 11.6 Å². The normalized spacial score (nSPS) is 24.7. The van der Waals surface area contributed by atoms with Gasteiger partial charge in [0.05, 0.1) is 13.2 Å². The quantitative estimate of drug-likeness (QED) is 0.770. The minimum Gasteiger partial charge on any atom is -0.491 e. The first-order valence-corrected chi connectivity index (χ1v) is 8.80. The van der Waals surface area contributed by atoms with E-state index in [1.165, 1.54) is 0 Å². The van der Waals surface area contributed by atoms with Gasteiger partial charge in [0.1, 0.15) is 44.2 Å². The highest BCUT2D eigenvalue weighted by Crippen LogP contribution is 2.27. The van der Waals surface area contributed by atoms with Gasteiger partial charge < -0.3 is 19.1 Å². The summed E-state index contributed by atoms with van der Waals surface area (Å²) in [7, 11) is 0. The zero-order valence-corrected chi connectivity index (χ0v) is 15.4. The molecule has 4 nitrogen and oxygen atoms in total. The van der Waals surface area contributed by atoms with Crippen molar-refractivity contribution in [3.8, 4) is 5.75 Å². The minimum atomic E-state index is 0.341. The smallest absolute Gasteiger partial charge is 0.122 e. The largest absolute Gasteiger partial charge is 0.491 e. The fourth-order valence-electron chi connectivity index (χ4n) is 3.04. The lowest BCUT2D eigenvalue weighted by atomic mass is 10.1. The van der Waals surface area contributed by atoms with E-state index in [-0.39, 0.29) is 0 Å². The molecule has 0 saturated carbocycles. The summed E-state index contributed by atoms with van der Waals surface area (Å²) < 4.78 is 17.2. The van der Waals surface area contributed by atoms with Crippen LogP contribution in [0.4, 0.5) is 0 Å². The summed E-state index contributed by atoms with van der Waals surface area (Å²) >= 11 is 6.09. The van der Waals surface area contributed by atoms with Crippen molar-refractivity contribution in [3.63, 3.8) is 0 Å². The van der Waals surface area contributed by atoms with E-state index >= 15 is 0 Å². The summed E-state index contributed by atoms with van der Waals surface area (Å²) in [6.07, 6.45) is 0.682. The Morgan fingerprint density at radius 3 is 2.48 bits per heavy atom. The molecule has 1 aliphatic rings. The van der Waals surface area contributed by atoms with Gasteiger partial charge in [0.2, 0.25) is 0 Å². The fourth-order valence-corrected chi connectivity index (χ4v) is 3.25. The average molecular weight is 343 g/mol. The van der Waals surface area contributed by atoms with Gasteiger partial charge in [0.15, 0.2) is 0 Å². The van der Waals surface area contributed by atoms with Crippen LogP contribution in [0.3, 0.4) is 0 Å². The molecule has 0 aliphatic carbocycles. The highest BCUT2D eigenvalue weighted by molar-refractivity contribution is 6.31. The Morgan fingerprint density at radius 2 is 1.78 bits per heavy atom. The lowest BCUT2D eigenvalue weighted by Gasteiger charge is -2.32. The lowest BCUT2D eigenvalue weighted by molar-refractivity contribution is -0.915. The highest BCUT2D eigenvalue weighted by Gasteiger charge is 2.24. The number of ether oxygens (including phenoxy) is 3. The summed E-state index contributed by atoms with van der Waals surface area (Å²) in [6, 6.07) is 3.80. The summed E-state index contributed by atoms with van der Waals surface area (Å²) in [6.45, 7) is 13.4. The fraction of sp³-hybridized carbons (Fsp3) is 0.667. The van der Waals surface area contributed by atoms with Crippen LogP contribution in [0, 0.1) is 13.8 Å². The van der Waals surface area contributed by atoms with Crippen LogP contribution >= 0.6 is 11.6 Å². The Kier molecular flexibility index (Phi) is 7.15. The van der Waals surface area contributed by atoms with Crippen molar-refractivity contribution in [2.24, 2.45) is 0 Å². The Hall–Kier alpha value is -0.810. The molecule has 1 fully saturated rings. The molecular formula is C18H29ClNO3+. The summed E-state index contributed by atoms with van der Waals surface area (Å²) in [5, 5.41) is 0.781. The predicted molar refractivity (Wildman–Crippen MR) is 92.8 cm³/mol. The molecule has 0 bridgehead atoms. The number of rotatable bonds is 7. The molecule has 1 aromatic carbocycles. The molecule has 1 aromatic rings. The van der Waals surface area contributed by atoms with E-state index in [1.807, 2.05) is 26.0 Å². The zero-order chi connectivity index (χ0) is 16.8. The van der Waals surface area contributed by atoms with Crippen molar-refractivity contribution in [2.45, 2.75) is 39.9 Å². The van der Waals surface area contributed by atoms with Crippen LogP contribution in [0.25, 0.3) is 0 Å². The van der Waals surface area contributed by atoms with Crippen LogP contribution in [0.5, 0.6) is 5.75 Å². The third kappa shape index (κ3) is 5.64. The molecule has 130 valence electrons. The van der Waals surface area contributed by atoms with E-state index in [0.29, 0.717) is 25.4 Å². The second-order valence-electron chi connectivity index (χ2n) is 6.42. The third-order valence-electron chi connectivity index (χ3n) is 4.37. The number of quaternary nitrogens is 1. The van der Waals surface area contributed by atoms with Gasteiger partial charge in [-0.05, 0) is 51.0 Å². The molecule has 0 radical (unpaired) electrons. The van der Waals surface area contributed by atoms with E-state index in [4.69, 9.17) is 25.8 Å². The Labute approximate surface area is 144 Å². The van der Waals surface area contributed by atoms with Gasteiger partial charge in [0, 0.05) is 5.02 Å². The van der Waals surface area contributed by atoms with E-state index in [9.17, 15) is 0 Å². The molecule has 2 rings (SSSR count). The monoisotopic (exact) mass is 342 g/mol. The lowest BCUT2D eigenvalue weighted by Crippen LogP contribution is -3.15. The van der Waals surface area contributed by atoms with Gasteiger partial charge in [0.25, 0.3) is 0 Å². The van der Waals surface area contributed by atoms with Gasteiger partial charge in [-0.3, -0.25) is 0 Å². The number of nitrogens with one attached hydrogen (secondary N) is 1. The topological polar surface area (TPSA) is 32.1 Å². The number of benzene rings is 1. The van der Waals surface area contributed by atoms with E-state index in [0.717, 1.165) is 48.1 Å². The maximum absolute atomic E-state index is 6.09. The Morgan fingerprint density at radius 1 is 1.09 bits per heavy atom. The Balaban J connectivity index is 1.62. The first-order chi connectivity index (χ1) is 11.0. The van der Waals surface area contributed by atoms with Gasteiger partial charge in [-0.15, -0.1) is 0 Å². The second kappa shape index (κ2) is 8.88. The van der Waals surface area contributed by atoms with Gasteiger partial charge >= 0.3 is 0 Å². The molecule has 1 unspecified atom stereocenters. The van der Waals surface area contributed by atoms with Crippen LogP contribution in [0.2, 0.25) is 5.02 Å². The SMILES string of the molecule is Cc1c(Cl)ccc(OCCOCC[NH+]2C[C@@H](C)O[C@@H](C)C2)c1C. The molecule has 1 aliphatic heterocycles. The van der Waals surface area contributed by atoms with Gasteiger partial charge in [-0.25, -0.2) is 0 Å². The van der Waals surface area contributed by atoms with Crippen molar-refractivity contribution in [3.05, 3.63) is 28.3 Å².